The molecule has 0 unspecified atom stereocenters. The van der Waals surface area contributed by atoms with Gasteiger partial charge in [0.2, 0.25) is 47.3 Å². The van der Waals surface area contributed by atoms with Gasteiger partial charge in [0.25, 0.3) is 0 Å². The van der Waals surface area contributed by atoms with Crippen LogP contribution in [0.4, 0.5) is 0 Å². The fraction of sp³-hybridized carbons (Fsp3) is 0.605. The number of hydrogen-bond acceptors (Lipinski definition) is 11. The third-order valence-electron chi connectivity index (χ3n) is 8.99. The Morgan fingerprint density at radius 3 is 1.67 bits per heavy atom. The number of carboxylic acids is 1. The number of primary amides is 1. The summed E-state index contributed by atoms with van der Waals surface area (Å²) in [6, 6.07) is -0.693. The van der Waals surface area contributed by atoms with E-state index in [1.807, 2.05) is 0 Å². The van der Waals surface area contributed by atoms with Crippen molar-refractivity contribution in [1.29, 1.82) is 0 Å². The van der Waals surface area contributed by atoms with Gasteiger partial charge in [-0.3, -0.25) is 38.4 Å². The molecule has 58 heavy (non-hydrogen) atoms. The minimum Gasteiger partial charge on any atom is -0.480 e. The monoisotopic (exact) mass is 819 g/mol. The van der Waals surface area contributed by atoms with E-state index in [2.05, 4.69) is 37.2 Å². The van der Waals surface area contributed by atoms with Gasteiger partial charge in [0, 0.05) is 6.42 Å². The Morgan fingerprint density at radius 1 is 0.655 bits per heavy atom. The van der Waals surface area contributed by atoms with Crippen LogP contribution in [-0.2, 0) is 49.6 Å². The molecule has 1 aromatic carbocycles. The van der Waals surface area contributed by atoms with Crippen LogP contribution in [0.3, 0.4) is 0 Å². The first-order valence-electron chi connectivity index (χ1n) is 19.1. The fourth-order valence-electron chi connectivity index (χ4n) is 5.47. The molecule has 0 heterocycles. The zero-order valence-electron chi connectivity index (χ0n) is 34.1. The van der Waals surface area contributed by atoms with Gasteiger partial charge in [0.1, 0.15) is 36.3 Å². The molecule has 0 spiro atoms. The van der Waals surface area contributed by atoms with E-state index in [4.69, 9.17) is 11.5 Å². The fourth-order valence-corrected chi connectivity index (χ4v) is 5.47. The first kappa shape index (κ1) is 50.4. The molecular formula is C38H61N9O11. The second kappa shape index (κ2) is 24.9. The van der Waals surface area contributed by atoms with E-state index in [1.54, 1.807) is 71.9 Å². The van der Waals surface area contributed by atoms with Crippen molar-refractivity contribution in [1.82, 2.24) is 37.2 Å². The van der Waals surface area contributed by atoms with Crippen LogP contribution in [0, 0.1) is 17.8 Å². The molecule has 0 bridgehead atoms. The van der Waals surface area contributed by atoms with E-state index >= 15 is 0 Å². The number of aliphatic carboxylic acids is 1. The third-order valence-corrected chi connectivity index (χ3v) is 8.99. The Bertz CT molecular complexity index is 1590. The SMILES string of the molecule is CC[C@H](C)[C@H](NC(=O)[C@H](Cc1ccccc1)NC(=O)[C@H](CO)NC(=O)[C@H](CC(C)C)NC(=O)[C@@H](NC(=O)[C@H](CC(N)=O)NC(=O)CNC(=O)[C@H](C)N)C(C)C)C(=O)O. The van der Waals surface area contributed by atoms with Crippen LogP contribution in [0.5, 0.6) is 0 Å². The average Bonchev–Trinajstić information content (AvgIpc) is 3.15. The molecule has 324 valence electrons. The molecule has 13 N–H and O–H groups in total. The summed E-state index contributed by atoms with van der Waals surface area (Å²) in [5, 5.41) is 36.9. The van der Waals surface area contributed by atoms with Crippen molar-refractivity contribution >= 4 is 53.2 Å². The molecule has 0 aliphatic carbocycles. The zero-order chi connectivity index (χ0) is 44.3. The van der Waals surface area contributed by atoms with E-state index in [0.717, 1.165) is 0 Å². The summed E-state index contributed by atoms with van der Waals surface area (Å²) in [7, 11) is 0. The van der Waals surface area contributed by atoms with Crippen LogP contribution >= 0.6 is 0 Å². The van der Waals surface area contributed by atoms with Gasteiger partial charge >= 0.3 is 5.97 Å². The van der Waals surface area contributed by atoms with Gasteiger partial charge in [-0.05, 0) is 36.7 Å². The van der Waals surface area contributed by atoms with Gasteiger partial charge in [-0.25, -0.2) is 4.79 Å². The summed E-state index contributed by atoms with van der Waals surface area (Å²) < 4.78 is 0. The number of benzene rings is 1. The van der Waals surface area contributed by atoms with Crippen LogP contribution in [0.25, 0.3) is 0 Å². The highest BCUT2D eigenvalue weighted by atomic mass is 16.4. The number of carbonyl (C=O) groups excluding carboxylic acids is 8. The summed E-state index contributed by atoms with van der Waals surface area (Å²) in [5.74, 6) is -9.41. The summed E-state index contributed by atoms with van der Waals surface area (Å²) >= 11 is 0. The first-order valence-corrected chi connectivity index (χ1v) is 19.1. The Hall–Kier alpha value is -5.63. The maximum atomic E-state index is 13.7. The third kappa shape index (κ3) is 17.7. The maximum Gasteiger partial charge on any atom is 0.326 e. The van der Waals surface area contributed by atoms with Gasteiger partial charge in [-0.1, -0.05) is 78.3 Å². The number of nitrogens with one attached hydrogen (secondary N) is 7. The van der Waals surface area contributed by atoms with E-state index < -0.39 is 127 Å². The second-order valence-electron chi connectivity index (χ2n) is 14.9. The Balaban J connectivity index is 3.23. The Kier molecular flexibility index (Phi) is 21.6. The van der Waals surface area contributed by atoms with Gasteiger partial charge in [0.05, 0.1) is 25.6 Å². The van der Waals surface area contributed by atoms with Gasteiger partial charge in [-0.15, -0.1) is 0 Å². The van der Waals surface area contributed by atoms with Crippen molar-refractivity contribution in [2.45, 2.75) is 116 Å². The molecule has 20 heteroatoms. The molecule has 0 radical (unpaired) electrons. The minimum absolute atomic E-state index is 0.0365. The van der Waals surface area contributed by atoms with Crippen LogP contribution < -0.4 is 48.7 Å². The molecule has 8 atom stereocenters. The molecule has 20 nitrogen and oxygen atoms in total. The number of nitrogens with two attached hydrogens (primary N) is 2. The lowest BCUT2D eigenvalue weighted by atomic mass is 9.98. The summed E-state index contributed by atoms with van der Waals surface area (Å²) in [4.78, 5) is 116. The highest BCUT2D eigenvalue weighted by Gasteiger charge is 2.35. The molecule has 1 rings (SSSR count). The lowest BCUT2D eigenvalue weighted by Crippen LogP contribution is -2.61. The number of aliphatic hydroxyl groups is 1. The minimum atomic E-state index is -1.62. The Morgan fingerprint density at radius 2 is 1.17 bits per heavy atom. The highest BCUT2D eigenvalue weighted by molar-refractivity contribution is 5.98. The summed E-state index contributed by atoms with van der Waals surface area (Å²) in [5.41, 5.74) is 11.4. The van der Waals surface area contributed by atoms with Crippen LogP contribution in [0.2, 0.25) is 0 Å². The van der Waals surface area contributed by atoms with E-state index in [9.17, 15) is 53.4 Å². The lowest BCUT2D eigenvalue weighted by molar-refractivity contribution is -0.144. The highest BCUT2D eigenvalue weighted by Crippen LogP contribution is 2.12. The predicted octanol–water partition coefficient (Wildman–Crippen LogP) is -2.70. The van der Waals surface area contributed by atoms with Crippen LogP contribution in [-0.4, -0.2) is 119 Å². The molecule has 8 amide bonds. The second-order valence-corrected chi connectivity index (χ2v) is 14.9. The van der Waals surface area contributed by atoms with Crippen molar-refractivity contribution in [2.24, 2.45) is 29.2 Å². The lowest BCUT2D eigenvalue weighted by Gasteiger charge is -2.29. The van der Waals surface area contributed by atoms with Gasteiger partial charge < -0.3 is 58.9 Å². The quantitative estimate of drug-likeness (QED) is 0.0480. The maximum absolute atomic E-state index is 13.7. The molecule has 0 fully saturated rings. The number of carboxylic acid groups (broad SMARTS) is 1. The summed E-state index contributed by atoms with van der Waals surface area (Å²) in [6.45, 7) is 10.0. The number of hydrogen-bond donors (Lipinski definition) is 11. The van der Waals surface area contributed by atoms with Crippen molar-refractivity contribution in [2.75, 3.05) is 13.2 Å². The van der Waals surface area contributed by atoms with Crippen molar-refractivity contribution in [3.63, 3.8) is 0 Å². The largest absolute Gasteiger partial charge is 0.480 e. The van der Waals surface area contributed by atoms with Gasteiger partial charge in [-0.2, -0.15) is 0 Å². The van der Waals surface area contributed by atoms with Crippen LogP contribution in [0.1, 0.15) is 73.3 Å². The van der Waals surface area contributed by atoms with E-state index in [0.29, 0.717) is 12.0 Å². The predicted molar refractivity (Wildman–Crippen MR) is 211 cm³/mol. The van der Waals surface area contributed by atoms with Gasteiger partial charge in [0.15, 0.2) is 0 Å². The topological polar surface area (TPSA) is 330 Å². The van der Waals surface area contributed by atoms with E-state index in [-0.39, 0.29) is 18.8 Å². The number of amides is 8. The first-order chi connectivity index (χ1) is 27.1. The summed E-state index contributed by atoms with van der Waals surface area (Å²) in [6.07, 6.45) is -0.232. The number of aliphatic hydroxyl groups excluding tert-OH is 1. The van der Waals surface area contributed by atoms with Crippen molar-refractivity contribution in [3.8, 4) is 0 Å². The number of rotatable bonds is 25. The molecule has 1 aromatic rings. The average molecular weight is 820 g/mol. The molecular weight excluding hydrogens is 758 g/mol. The zero-order valence-corrected chi connectivity index (χ0v) is 34.1. The normalized spacial score (nSPS) is 15.2. The van der Waals surface area contributed by atoms with Crippen LogP contribution in [0.15, 0.2) is 30.3 Å². The van der Waals surface area contributed by atoms with E-state index in [1.165, 1.54) is 6.92 Å². The molecule has 0 aromatic heterocycles. The molecule has 0 saturated carbocycles. The smallest absolute Gasteiger partial charge is 0.326 e. The molecule has 0 aliphatic heterocycles. The van der Waals surface area contributed by atoms with Crippen molar-refractivity contribution < 1.29 is 53.4 Å². The van der Waals surface area contributed by atoms with Crippen molar-refractivity contribution in [3.05, 3.63) is 35.9 Å². The Labute approximate surface area is 338 Å². The molecule has 0 aliphatic rings. The number of carbonyl (C=O) groups is 9. The molecule has 0 saturated heterocycles. The standard InChI is InChI=1S/C38H61N9O11/c1-8-21(6)31(38(57)58)47-34(53)25(15-23-12-10-9-11-13-23)43-36(55)27(18-48)45-33(52)24(14-19(2)3)44-37(56)30(20(4)5)46-35(54)26(16-28(40)49)42-29(50)17-41-32(51)22(7)39/h9-13,19-22,24-27,30-31,48H,8,14-18,39H2,1-7H3,(H2,40,49)(H,41,51)(H,42,50)(H,43,55)(H,44,56)(H,45,52)(H,46,54)(H,47,53)(H,57,58)/t21-,22-,24-,25-,26-,27-,30-,31-/m0/s1.